The zero-order valence-electron chi connectivity index (χ0n) is 18.3. The molecule has 0 aliphatic carbocycles. The summed E-state index contributed by atoms with van der Waals surface area (Å²) in [6.07, 6.45) is 2.84. The molecule has 1 aromatic heterocycles. The third-order valence-corrected chi connectivity index (χ3v) is 5.90. The Balaban J connectivity index is 1.80. The van der Waals surface area contributed by atoms with Crippen molar-refractivity contribution in [2.75, 3.05) is 19.4 Å². The van der Waals surface area contributed by atoms with Crippen LogP contribution in [0.5, 0.6) is 5.75 Å². The van der Waals surface area contributed by atoms with Gasteiger partial charge in [0.15, 0.2) is 5.75 Å². The van der Waals surface area contributed by atoms with Crippen LogP contribution in [0.4, 0.5) is 11.4 Å². The van der Waals surface area contributed by atoms with Crippen LogP contribution < -0.4 is 5.32 Å². The molecular formula is C26H23Cl2N3O2. The fourth-order valence-corrected chi connectivity index (χ4v) is 4.23. The average molecular weight is 480 g/mol. The van der Waals surface area contributed by atoms with Crippen LogP contribution >= 0.6 is 23.2 Å². The molecule has 0 aliphatic rings. The fraction of sp³-hybridized carbons (Fsp3) is 0.154. The van der Waals surface area contributed by atoms with E-state index in [1.54, 1.807) is 18.3 Å². The van der Waals surface area contributed by atoms with Crippen LogP contribution in [0.2, 0.25) is 10.0 Å². The summed E-state index contributed by atoms with van der Waals surface area (Å²) in [4.78, 5) is 18.0. The van der Waals surface area contributed by atoms with Gasteiger partial charge >= 0.3 is 0 Å². The minimum absolute atomic E-state index is 0.141. The molecule has 0 amide bonds. The molecule has 168 valence electrons. The van der Waals surface area contributed by atoms with Gasteiger partial charge in [-0.05, 0) is 67.2 Å². The van der Waals surface area contributed by atoms with Crippen LogP contribution in [0.15, 0.2) is 60.8 Å². The number of phenolic OH excluding ortho intramolecular Hbond substituents is 1. The number of hydrogen-bond donors (Lipinski definition) is 2. The maximum absolute atomic E-state index is 11.3. The molecule has 5 nitrogen and oxygen atoms in total. The van der Waals surface area contributed by atoms with E-state index in [2.05, 4.69) is 27.3 Å². The van der Waals surface area contributed by atoms with Gasteiger partial charge in [0.05, 0.1) is 21.2 Å². The van der Waals surface area contributed by atoms with E-state index in [-0.39, 0.29) is 22.2 Å². The molecule has 1 heterocycles. The summed E-state index contributed by atoms with van der Waals surface area (Å²) in [5, 5.41) is 14.6. The second-order valence-electron chi connectivity index (χ2n) is 8.11. The molecule has 33 heavy (non-hydrogen) atoms. The van der Waals surface area contributed by atoms with Gasteiger partial charge in [-0.25, -0.2) is 0 Å². The number of phenols is 1. The molecule has 0 unspecified atom stereocenters. The number of nitrogens with one attached hydrogen (secondary N) is 1. The van der Waals surface area contributed by atoms with E-state index in [1.807, 2.05) is 44.4 Å². The molecule has 0 bridgehead atoms. The van der Waals surface area contributed by atoms with Crippen molar-refractivity contribution < 1.29 is 9.90 Å². The number of benzene rings is 3. The Hall–Kier alpha value is -3.12. The fourth-order valence-electron chi connectivity index (χ4n) is 3.74. The Bertz CT molecular complexity index is 1300. The number of rotatable bonds is 7. The summed E-state index contributed by atoms with van der Waals surface area (Å²) < 4.78 is 0. The smallest absolute Gasteiger partial charge is 0.152 e. The number of anilines is 2. The lowest BCUT2D eigenvalue weighted by molar-refractivity contribution is -0.107. The predicted octanol–water partition coefficient (Wildman–Crippen LogP) is 6.46. The average Bonchev–Trinajstić information content (AvgIpc) is 2.79. The van der Waals surface area contributed by atoms with E-state index in [0.29, 0.717) is 0 Å². The number of fused-ring (bicyclic) bond motifs is 1. The summed E-state index contributed by atoms with van der Waals surface area (Å²) in [5.41, 5.74) is 6.17. The lowest BCUT2D eigenvalue weighted by Crippen LogP contribution is -2.10. The van der Waals surface area contributed by atoms with Crippen molar-refractivity contribution in [2.24, 2.45) is 0 Å². The molecule has 3 aromatic carbocycles. The highest BCUT2D eigenvalue weighted by atomic mass is 35.5. The molecule has 4 rings (SSSR count). The Morgan fingerprint density at radius 2 is 1.70 bits per heavy atom. The number of pyridine rings is 1. The highest BCUT2D eigenvalue weighted by molar-refractivity contribution is 6.37. The number of carbonyl (C=O) groups is 1. The molecule has 7 heteroatoms. The van der Waals surface area contributed by atoms with Crippen LogP contribution in [0, 0.1) is 0 Å². The van der Waals surface area contributed by atoms with Gasteiger partial charge in [0, 0.05) is 35.8 Å². The highest BCUT2D eigenvalue weighted by Crippen LogP contribution is 2.38. The first kappa shape index (κ1) is 23.1. The van der Waals surface area contributed by atoms with Crippen molar-refractivity contribution in [1.82, 2.24) is 9.88 Å². The molecule has 2 N–H and O–H groups in total. The zero-order chi connectivity index (χ0) is 23.5. The van der Waals surface area contributed by atoms with E-state index in [0.717, 1.165) is 51.8 Å². The Morgan fingerprint density at radius 3 is 2.33 bits per heavy atom. The summed E-state index contributed by atoms with van der Waals surface area (Å²) in [6.45, 7) is 0.857. The molecule has 4 aromatic rings. The molecule has 0 spiro atoms. The van der Waals surface area contributed by atoms with Gasteiger partial charge in [-0.15, -0.1) is 0 Å². The van der Waals surface area contributed by atoms with Gasteiger partial charge < -0.3 is 20.1 Å². The van der Waals surface area contributed by atoms with Crippen molar-refractivity contribution >= 4 is 51.8 Å². The maximum atomic E-state index is 11.3. The van der Waals surface area contributed by atoms with Crippen LogP contribution in [-0.2, 0) is 17.8 Å². The monoisotopic (exact) mass is 479 g/mol. The minimum Gasteiger partial charge on any atom is -0.505 e. The maximum Gasteiger partial charge on any atom is 0.152 e. The SMILES string of the molecule is CN(C)Cc1ccc(Nc2c(CC=O)cnc3ccc(-c4cc(Cl)c(O)c(Cl)c4)cc23)cc1. The van der Waals surface area contributed by atoms with Gasteiger partial charge in [-0.2, -0.15) is 0 Å². The second-order valence-corrected chi connectivity index (χ2v) is 8.92. The standard InChI is InChI=1S/C26H23Cl2N3O2/c1-31(2)15-16-3-6-20(7-4-16)30-25-18(9-10-32)14-29-24-8-5-17(11-21(24)25)19-12-22(27)26(33)23(28)13-19/h3-8,10-14,33H,9,15H2,1-2H3,(H,29,30). The van der Waals surface area contributed by atoms with E-state index < -0.39 is 0 Å². The molecule has 0 radical (unpaired) electrons. The number of aldehydes is 1. The normalized spacial score (nSPS) is 11.2. The molecule has 0 fully saturated rings. The minimum atomic E-state index is -0.141. The lowest BCUT2D eigenvalue weighted by atomic mass is 10.00. The molecule has 0 saturated heterocycles. The summed E-state index contributed by atoms with van der Waals surface area (Å²) >= 11 is 12.3. The van der Waals surface area contributed by atoms with Crippen LogP contribution in [0.3, 0.4) is 0 Å². The highest BCUT2D eigenvalue weighted by Gasteiger charge is 2.13. The van der Waals surface area contributed by atoms with Gasteiger partial charge in [0.25, 0.3) is 0 Å². The summed E-state index contributed by atoms with van der Waals surface area (Å²) in [6, 6.07) is 17.4. The third-order valence-electron chi connectivity index (χ3n) is 5.32. The first-order chi connectivity index (χ1) is 15.9. The van der Waals surface area contributed by atoms with E-state index in [9.17, 15) is 9.90 Å². The number of aromatic hydroxyl groups is 1. The molecular weight excluding hydrogens is 457 g/mol. The largest absolute Gasteiger partial charge is 0.505 e. The van der Waals surface area contributed by atoms with Gasteiger partial charge in [0.2, 0.25) is 0 Å². The van der Waals surface area contributed by atoms with Crippen LogP contribution in [0.25, 0.3) is 22.0 Å². The van der Waals surface area contributed by atoms with Gasteiger partial charge in [-0.1, -0.05) is 41.4 Å². The second kappa shape index (κ2) is 9.79. The van der Waals surface area contributed by atoms with Gasteiger partial charge in [-0.3, -0.25) is 4.98 Å². The van der Waals surface area contributed by atoms with Crippen LogP contribution in [-0.4, -0.2) is 35.4 Å². The number of halogens is 2. The van der Waals surface area contributed by atoms with Crippen LogP contribution in [0.1, 0.15) is 11.1 Å². The van der Waals surface area contributed by atoms with Crippen molar-refractivity contribution in [3.63, 3.8) is 0 Å². The zero-order valence-corrected chi connectivity index (χ0v) is 19.8. The van der Waals surface area contributed by atoms with E-state index in [4.69, 9.17) is 23.2 Å². The third kappa shape index (κ3) is 5.11. The summed E-state index contributed by atoms with van der Waals surface area (Å²) in [7, 11) is 4.07. The van der Waals surface area contributed by atoms with Crippen molar-refractivity contribution in [3.8, 4) is 16.9 Å². The lowest BCUT2D eigenvalue weighted by Gasteiger charge is -2.16. The predicted molar refractivity (Wildman–Crippen MR) is 136 cm³/mol. The number of hydrogen-bond acceptors (Lipinski definition) is 5. The van der Waals surface area contributed by atoms with Crippen molar-refractivity contribution in [1.29, 1.82) is 0 Å². The van der Waals surface area contributed by atoms with Gasteiger partial charge in [0.1, 0.15) is 6.29 Å². The van der Waals surface area contributed by atoms with E-state index in [1.165, 1.54) is 5.56 Å². The molecule has 0 aliphatic heterocycles. The Morgan fingerprint density at radius 1 is 1.00 bits per heavy atom. The first-order valence-corrected chi connectivity index (χ1v) is 11.2. The first-order valence-electron chi connectivity index (χ1n) is 10.4. The number of aromatic nitrogens is 1. The Kier molecular flexibility index (Phi) is 6.84. The van der Waals surface area contributed by atoms with E-state index >= 15 is 0 Å². The molecule has 0 saturated carbocycles. The molecule has 0 atom stereocenters. The number of carbonyl (C=O) groups excluding carboxylic acids is 1. The quantitative estimate of drug-likeness (QED) is 0.297. The summed E-state index contributed by atoms with van der Waals surface area (Å²) in [5.74, 6) is -0.141. The number of nitrogens with zero attached hydrogens (tertiary/aromatic N) is 2. The van der Waals surface area contributed by atoms with Crippen molar-refractivity contribution in [2.45, 2.75) is 13.0 Å². The Labute approximate surface area is 202 Å². The topological polar surface area (TPSA) is 65.5 Å². The van der Waals surface area contributed by atoms with Crippen molar-refractivity contribution in [3.05, 3.63) is 82.0 Å².